The van der Waals surface area contributed by atoms with Crippen LogP contribution < -0.4 is 5.73 Å². The lowest BCUT2D eigenvalue weighted by molar-refractivity contribution is 0.103. The summed E-state index contributed by atoms with van der Waals surface area (Å²) in [5.41, 5.74) is 7.32. The molecule has 96 valence electrons. The molecule has 0 bridgehead atoms. The molecular weight excluding hydrogens is 250 g/mol. The van der Waals surface area contributed by atoms with Crippen LogP contribution in [-0.2, 0) is 4.74 Å². The third-order valence-electron chi connectivity index (χ3n) is 2.49. The molecule has 18 heavy (non-hydrogen) atoms. The number of fused-ring (bicyclic) bond motifs is 1. The first-order valence-electron chi connectivity index (χ1n) is 5.61. The standard InChI is InChI=1S/C12H15N3O2S/c13-11-9-2-1-8(7-10(9)12(14)15-11)18-6-5-17-4-3-16/h1-2,7,16H,3-6H2,(H3,13,14,15). The van der Waals surface area contributed by atoms with E-state index in [4.69, 9.17) is 21.0 Å². The number of ether oxygens (including phenoxy) is 1. The topological polar surface area (TPSA) is 91.7 Å². The van der Waals surface area contributed by atoms with E-state index in [1.807, 2.05) is 18.2 Å². The Morgan fingerprint density at radius 3 is 2.94 bits per heavy atom. The molecule has 0 atom stereocenters. The first-order chi connectivity index (χ1) is 8.72. The van der Waals surface area contributed by atoms with Crippen molar-refractivity contribution >= 4 is 23.4 Å². The van der Waals surface area contributed by atoms with Crippen molar-refractivity contribution < 1.29 is 9.84 Å². The minimum absolute atomic E-state index is 0.0529. The van der Waals surface area contributed by atoms with Gasteiger partial charge in [-0.05, 0) is 18.2 Å². The molecule has 0 radical (unpaired) electrons. The average Bonchev–Trinajstić information content (AvgIpc) is 2.65. The molecule has 0 aromatic heterocycles. The maximum Gasteiger partial charge on any atom is 0.154 e. The number of benzene rings is 1. The highest BCUT2D eigenvalue weighted by atomic mass is 32.2. The Hall–Kier alpha value is -1.37. The van der Waals surface area contributed by atoms with Crippen LogP contribution in [0.2, 0.25) is 0 Å². The van der Waals surface area contributed by atoms with E-state index in [1.165, 1.54) is 0 Å². The van der Waals surface area contributed by atoms with Crippen molar-refractivity contribution in [2.45, 2.75) is 4.90 Å². The van der Waals surface area contributed by atoms with E-state index in [0.29, 0.717) is 19.0 Å². The van der Waals surface area contributed by atoms with Gasteiger partial charge in [0, 0.05) is 21.8 Å². The second kappa shape index (κ2) is 5.99. The smallest absolute Gasteiger partial charge is 0.154 e. The Balaban J connectivity index is 1.93. The molecule has 4 N–H and O–H groups in total. The van der Waals surface area contributed by atoms with Crippen LogP contribution in [0.25, 0.3) is 0 Å². The highest BCUT2D eigenvalue weighted by Crippen LogP contribution is 2.24. The van der Waals surface area contributed by atoms with Crippen LogP contribution >= 0.6 is 11.8 Å². The number of thioether (sulfide) groups is 1. The summed E-state index contributed by atoms with van der Waals surface area (Å²) in [6.45, 7) is 1.02. The summed E-state index contributed by atoms with van der Waals surface area (Å²) in [6.07, 6.45) is 0. The van der Waals surface area contributed by atoms with Gasteiger partial charge in [0.15, 0.2) is 5.84 Å². The van der Waals surface area contributed by atoms with Gasteiger partial charge in [0.05, 0.1) is 19.8 Å². The molecule has 0 saturated carbocycles. The van der Waals surface area contributed by atoms with Gasteiger partial charge in [-0.25, -0.2) is 4.99 Å². The minimum atomic E-state index is 0.0529. The number of aliphatic hydroxyl groups is 1. The molecule has 5 nitrogen and oxygen atoms in total. The van der Waals surface area contributed by atoms with Gasteiger partial charge in [0.2, 0.25) is 0 Å². The molecule has 0 saturated heterocycles. The second-order valence-electron chi connectivity index (χ2n) is 3.74. The predicted molar refractivity (Wildman–Crippen MR) is 72.6 cm³/mol. The Morgan fingerprint density at radius 1 is 1.33 bits per heavy atom. The summed E-state index contributed by atoms with van der Waals surface area (Å²) in [5, 5.41) is 16.3. The number of nitrogens with two attached hydrogens (primary N) is 1. The van der Waals surface area contributed by atoms with Gasteiger partial charge in [-0.3, -0.25) is 5.41 Å². The van der Waals surface area contributed by atoms with Crippen LogP contribution in [0.1, 0.15) is 11.1 Å². The average molecular weight is 265 g/mol. The summed E-state index contributed by atoms with van der Waals surface area (Å²) in [5.74, 6) is 1.45. The van der Waals surface area contributed by atoms with Gasteiger partial charge in [0.1, 0.15) is 5.84 Å². The first kappa shape index (κ1) is 13.1. The second-order valence-corrected chi connectivity index (χ2v) is 4.91. The fraction of sp³-hybridized carbons (Fsp3) is 0.333. The van der Waals surface area contributed by atoms with Gasteiger partial charge in [-0.15, -0.1) is 11.8 Å². The fourth-order valence-corrected chi connectivity index (χ4v) is 2.46. The maximum atomic E-state index is 8.56. The molecule has 0 spiro atoms. The predicted octanol–water partition coefficient (Wildman–Crippen LogP) is 0.832. The summed E-state index contributed by atoms with van der Waals surface area (Å²) in [6, 6.07) is 5.79. The zero-order chi connectivity index (χ0) is 13.0. The van der Waals surface area contributed by atoms with Crippen molar-refractivity contribution in [3.8, 4) is 0 Å². The van der Waals surface area contributed by atoms with E-state index in [9.17, 15) is 0 Å². The third kappa shape index (κ3) is 2.90. The Bertz CT molecular complexity index is 488. The molecule has 1 heterocycles. The highest BCUT2D eigenvalue weighted by Gasteiger charge is 2.18. The van der Waals surface area contributed by atoms with E-state index in [1.54, 1.807) is 11.8 Å². The van der Waals surface area contributed by atoms with Crippen LogP contribution in [0, 0.1) is 5.41 Å². The highest BCUT2D eigenvalue weighted by molar-refractivity contribution is 7.99. The summed E-state index contributed by atoms with van der Waals surface area (Å²) >= 11 is 1.65. The summed E-state index contributed by atoms with van der Waals surface area (Å²) in [4.78, 5) is 5.00. The van der Waals surface area contributed by atoms with Gasteiger partial charge in [-0.2, -0.15) is 0 Å². The van der Waals surface area contributed by atoms with Gasteiger partial charge in [-0.1, -0.05) is 0 Å². The Labute approximate surface area is 110 Å². The SMILES string of the molecule is N=C1N=C(N)c2ccc(SCCOCCO)cc21. The molecule has 0 unspecified atom stereocenters. The number of nitrogens with zero attached hydrogens (tertiary/aromatic N) is 1. The lowest BCUT2D eigenvalue weighted by Crippen LogP contribution is -2.10. The van der Waals surface area contributed by atoms with Crippen molar-refractivity contribution in [1.82, 2.24) is 0 Å². The lowest BCUT2D eigenvalue weighted by Gasteiger charge is -2.05. The van der Waals surface area contributed by atoms with Crippen LogP contribution in [-0.4, -0.2) is 42.4 Å². The Kier molecular flexibility index (Phi) is 4.35. The van der Waals surface area contributed by atoms with Crippen molar-refractivity contribution in [3.63, 3.8) is 0 Å². The van der Waals surface area contributed by atoms with Crippen LogP contribution in [0.15, 0.2) is 28.1 Å². The van der Waals surface area contributed by atoms with E-state index in [-0.39, 0.29) is 12.4 Å². The van der Waals surface area contributed by atoms with Gasteiger partial charge >= 0.3 is 0 Å². The van der Waals surface area contributed by atoms with Gasteiger partial charge < -0.3 is 15.6 Å². The van der Waals surface area contributed by atoms with Crippen molar-refractivity contribution in [2.24, 2.45) is 10.7 Å². The molecule has 0 fully saturated rings. The minimum Gasteiger partial charge on any atom is -0.394 e. The number of amidine groups is 2. The largest absolute Gasteiger partial charge is 0.394 e. The van der Waals surface area contributed by atoms with E-state index >= 15 is 0 Å². The number of nitrogens with one attached hydrogen (secondary N) is 1. The fourth-order valence-electron chi connectivity index (χ4n) is 1.66. The van der Waals surface area contributed by atoms with Crippen molar-refractivity contribution in [2.75, 3.05) is 25.6 Å². The number of aliphatic hydroxyl groups excluding tert-OH is 1. The van der Waals surface area contributed by atoms with E-state index < -0.39 is 0 Å². The van der Waals surface area contributed by atoms with Crippen LogP contribution in [0.3, 0.4) is 0 Å². The maximum absolute atomic E-state index is 8.56. The number of hydrogen-bond acceptors (Lipinski definition) is 5. The molecule has 1 aliphatic rings. The first-order valence-corrected chi connectivity index (χ1v) is 6.60. The molecule has 2 rings (SSSR count). The molecule has 0 aliphatic carbocycles. The quantitative estimate of drug-likeness (QED) is 0.525. The summed E-state index contributed by atoms with van der Waals surface area (Å²) < 4.78 is 5.18. The zero-order valence-electron chi connectivity index (χ0n) is 9.85. The number of hydrogen-bond donors (Lipinski definition) is 3. The molecule has 6 heteroatoms. The molecule has 0 amide bonds. The lowest BCUT2D eigenvalue weighted by atomic mass is 10.1. The molecule has 1 aromatic carbocycles. The normalized spacial score (nSPS) is 13.6. The molecule has 1 aromatic rings. The third-order valence-corrected chi connectivity index (χ3v) is 3.44. The number of rotatable bonds is 6. The van der Waals surface area contributed by atoms with E-state index in [2.05, 4.69) is 4.99 Å². The summed E-state index contributed by atoms with van der Waals surface area (Å²) in [7, 11) is 0. The van der Waals surface area contributed by atoms with Crippen molar-refractivity contribution in [1.29, 1.82) is 5.41 Å². The number of aliphatic imine (C=N–C) groups is 1. The van der Waals surface area contributed by atoms with Crippen molar-refractivity contribution in [3.05, 3.63) is 29.3 Å². The monoisotopic (exact) mass is 265 g/mol. The van der Waals surface area contributed by atoms with E-state index in [0.717, 1.165) is 21.8 Å². The zero-order valence-corrected chi connectivity index (χ0v) is 10.7. The molecular formula is C12H15N3O2S. The Morgan fingerprint density at radius 2 is 2.17 bits per heavy atom. The van der Waals surface area contributed by atoms with Gasteiger partial charge in [0.25, 0.3) is 0 Å². The molecule has 1 aliphatic heterocycles. The van der Waals surface area contributed by atoms with Crippen LogP contribution in [0.4, 0.5) is 0 Å². The van der Waals surface area contributed by atoms with Crippen LogP contribution in [0.5, 0.6) is 0 Å².